The number of alkyl halides is 3. The van der Waals surface area contributed by atoms with E-state index in [9.17, 15) is 18.0 Å². The van der Waals surface area contributed by atoms with Gasteiger partial charge < -0.3 is 10.6 Å². The fraction of sp³-hybridized carbons (Fsp3) is 0.438. The molecule has 0 fully saturated rings. The number of hydrogen-bond donors (Lipinski definition) is 2. The first-order chi connectivity index (χ1) is 12.3. The van der Waals surface area contributed by atoms with Gasteiger partial charge in [-0.1, -0.05) is 48.6 Å². The van der Waals surface area contributed by atoms with Gasteiger partial charge in [-0.15, -0.1) is 10.2 Å². The van der Waals surface area contributed by atoms with Crippen LogP contribution < -0.4 is 10.6 Å². The Kier molecular flexibility index (Phi) is 7.27. The van der Waals surface area contributed by atoms with Crippen molar-refractivity contribution in [2.45, 2.75) is 43.2 Å². The first-order valence-corrected chi connectivity index (χ1v) is 9.78. The number of hydrogen-bond acceptors (Lipinski definition) is 6. The zero-order chi connectivity index (χ0) is 19.2. The molecule has 1 atom stereocenters. The van der Waals surface area contributed by atoms with E-state index < -0.39 is 11.7 Å². The Morgan fingerprint density at radius 1 is 1.31 bits per heavy atom. The van der Waals surface area contributed by atoms with Crippen LogP contribution in [0.3, 0.4) is 0 Å². The van der Waals surface area contributed by atoms with Crippen LogP contribution in [0, 0.1) is 0 Å². The highest BCUT2D eigenvalue weighted by molar-refractivity contribution is 8.01. The number of amides is 1. The Morgan fingerprint density at radius 2 is 2.04 bits per heavy atom. The highest BCUT2D eigenvalue weighted by Crippen LogP contribution is 2.36. The van der Waals surface area contributed by atoms with Gasteiger partial charge in [0.05, 0.1) is 17.0 Å². The van der Waals surface area contributed by atoms with Gasteiger partial charge in [-0.2, -0.15) is 13.2 Å². The molecule has 1 amide bonds. The van der Waals surface area contributed by atoms with E-state index in [2.05, 4.69) is 20.8 Å². The molecule has 26 heavy (non-hydrogen) atoms. The van der Waals surface area contributed by atoms with Crippen LogP contribution in [0.25, 0.3) is 0 Å². The first kappa shape index (κ1) is 20.5. The highest BCUT2D eigenvalue weighted by atomic mass is 32.2. The zero-order valence-electron chi connectivity index (χ0n) is 14.3. The van der Waals surface area contributed by atoms with Crippen molar-refractivity contribution < 1.29 is 18.0 Å². The van der Waals surface area contributed by atoms with Crippen LogP contribution in [-0.4, -0.2) is 27.9 Å². The number of nitrogens with one attached hydrogen (secondary N) is 2. The molecular formula is C16H19F3N4OS2. The molecule has 2 aromatic rings. The minimum atomic E-state index is -4.46. The van der Waals surface area contributed by atoms with Crippen molar-refractivity contribution in [3.05, 3.63) is 29.8 Å². The van der Waals surface area contributed by atoms with E-state index in [1.54, 1.807) is 0 Å². The molecule has 0 spiro atoms. The lowest BCUT2D eigenvalue weighted by molar-refractivity contribution is -0.137. The van der Waals surface area contributed by atoms with Gasteiger partial charge in [0.15, 0.2) is 4.34 Å². The van der Waals surface area contributed by atoms with E-state index in [0.717, 1.165) is 30.2 Å². The molecule has 0 aliphatic rings. The third kappa shape index (κ3) is 6.17. The van der Waals surface area contributed by atoms with Crippen molar-refractivity contribution in [3.8, 4) is 0 Å². The van der Waals surface area contributed by atoms with Crippen LogP contribution >= 0.6 is 23.1 Å². The smallest absolute Gasteiger partial charge is 0.353 e. The van der Waals surface area contributed by atoms with E-state index in [-0.39, 0.29) is 28.5 Å². The summed E-state index contributed by atoms with van der Waals surface area (Å²) in [4.78, 5) is 11.8. The van der Waals surface area contributed by atoms with Crippen molar-refractivity contribution in [2.75, 3.05) is 11.1 Å². The number of carbonyl (C=O) groups is 1. The fourth-order valence-corrected chi connectivity index (χ4v) is 3.80. The van der Waals surface area contributed by atoms with E-state index >= 15 is 0 Å². The van der Waals surface area contributed by atoms with Gasteiger partial charge in [-0.05, 0) is 25.5 Å². The fourth-order valence-electron chi connectivity index (χ4n) is 2.22. The summed E-state index contributed by atoms with van der Waals surface area (Å²) in [5.41, 5.74) is -0.854. The maximum Gasteiger partial charge on any atom is 0.418 e. The summed E-state index contributed by atoms with van der Waals surface area (Å²) >= 11 is 2.30. The van der Waals surface area contributed by atoms with Crippen molar-refractivity contribution >= 4 is 39.8 Å². The minimum Gasteiger partial charge on any atom is -0.353 e. The molecule has 0 aliphatic heterocycles. The molecule has 142 valence electrons. The number of rotatable bonds is 8. The molecule has 1 aromatic heterocycles. The molecule has 1 aromatic carbocycles. The molecule has 1 heterocycles. The first-order valence-electron chi connectivity index (χ1n) is 7.98. The van der Waals surface area contributed by atoms with Crippen molar-refractivity contribution in [2.24, 2.45) is 0 Å². The normalized spacial score (nSPS) is 12.7. The molecule has 10 heteroatoms. The average molecular weight is 404 g/mol. The van der Waals surface area contributed by atoms with Crippen LogP contribution in [0.2, 0.25) is 0 Å². The number of anilines is 2. The molecule has 0 aliphatic carbocycles. The lowest BCUT2D eigenvalue weighted by atomic mass is 10.2. The van der Waals surface area contributed by atoms with Gasteiger partial charge >= 0.3 is 6.18 Å². The predicted octanol–water partition coefficient (Wildman–Crippen LogP) is 4.70. The maximum absolute atomic E-state index is 13.0. The topological polar surface area (TPSA) is 66.9 Å². The zero-order valence-corrected chi connectivity index (χ0v) is 15.9. The van der Waals surface area contributed by atoms with Gasteiger partial charge in [-0.3, -0.25) is 4.79 Å². The molecule has 2 rings (SSSR count). The van der Waals surface area contributed by atoms with Crippen LogP contribution in [0.4, 0.5) is 24.0 Å². The monoisotopic (exact) mass is 404 g/mol. The van der Waals surface area contributed by atoms with Crippen molar-refractivity contribution in [3.63, 3.8) is 0 Å². The van der Waals surface area contributed by atoms with E-state index in [0.29, 0.717) is 4.34 Å². The number of carbonyl (C=O) groups excluding carboxylic acids is 1. The quantitative estimate of drug-likeness (QED) is 0.625. The Labute approximate surface area is 157 Å². The molecular weight excluding hydrogens is 385 g/mol. The van der Waals surface area contributed by atoms with Crippen LogP contribution in [-0.2, 0) is 11.0 Å². The Hall–Kier alpha value is -1.81. The van der Waals surface area contributed by atoms with Crippen LogP contribution in [0.1, 0.15) is 32.3 Å². The standard InChI is InChI=1S/C16H19F3N4OS2/c1-3-6-10(2)20-13(24)9-25-15-23-22-14(26-15)21-12-8-5-4-7-11(12)16(17,18)19/h4-5,7-8,10H,3,6,9H2,1-2H3,(H,20,24)(H,21,22)/t10-/m0/s1. The molecule has 0 saturated carbocycles. The molecule has 0 radical (unpaired) electrons. The number of nitrogens with zero attached hydrogens (tertiary/aromatic N) is 2. The third-order valence-electron chi connectivity index (χ3n) is 3.34. The Balaban J connectivity index is 1.94. The molecule has 5 nitrogen and oxygen atoms in total. The summed E-state index contributed by atoms with van der Waals surface area (Å²) in [6.45, 7) is 3.99. The lowest BCUT2D eigenvalue weighted by Crippen LogP contribution is -2.33. The summed E-state index contributed by atoms with van der Waals surface area (Å²) in [6, 6.07) is 5.28. The van der Waals surface area contributed by atoms with Crippen LogP contribution in [0.5, 0.6) is 0 Å². The number of aromatic nitrogens is 2. The minimum absolute atomic E-state index is 0.0844. The predicted molar refractivity (Wildman–Crippen MR) is 97.9 cm³/mol. The number of halogens is 3. The summed E-state index contributed by atoms with van der Waals surface area (Å²) in [7, 11) is 0. The van der Waals surface area contributed by atoms with E-state index in [1.807, 2.05) is 13.8 Å². The van der Waals surface area contributed by atoms with E-state index in [1.165, 1.54) is 30.0 Å². The Morgan fingerprint density at radius 3 is 2.73 bits per heavy atom. The number of para-hydroxylation sites is 1. The number of thioether (sulfide) groups is 1. The van der Waals surface area contributed by atoms with Gasteiger partial charge in [0.1, 0.15) is 0 Å². The van der Waals surface area contributed by atoms with Gasteiger partial charge in [0.25, 0.3) is 0 Å². The van der Waals surface area contributed by atoms with Crippen molar-refractivity contribution in [1.29, 1.82) is 0 Å². The average Bonchev–Trinajstić information content (AvgIpc) is 3.00. The molecule has 2 N–H and O–H groups in total. The maximum atomic E-state index is 13.0. The second kappa shape index (κ2) is 9.22. The second-order valence-corrected chi connectivity index (χ2v) is 7.79. The Bertz CT molecular complexity index is 736. The highest BCUT2D eigenvalue weighted by Gasteiger charge is 2.33. The summed E-state index contributed by atoms with van der Waals surface area (Å²) in [5, 5.41) is 13.5. The van der Waals surface area contributed by atoms with E-state index in [4.69, 9.17) is 0 Å². The molecule has 0 bridgehead atoms. The molecule has 0 saturated heterocycles. The van der Waals surface area contributed by atoms with Crippen LogP contribution in [0.15, 0.2) is 28.6 Å². The lowest BCUT2D eigenvalue weighted by Gasteiger charge is -2.12. The summed E-state index contributed by atoms with van der Waals surface area (Å²) in [5.74, 6) is 0.0741. The molecule has 0 unspecified atom stereocenters. The van der Waals surface area contributed by atoms with Gasteiger partial charge in [-0.25, -0.2) is 0 Å². The third-order valence-corrected chi connectivity index (χ3v) is 5.31. The number of benzene rings is 1. The second-order valence-electron chi connectivity index (χ2n) is 5.59. The summed E-state index contributed by atoms with van der Waals surface area (Å²) in [6.07, 6.45) is -2.57. The van der Waals surface area contributed by atoms with Gasteiger partial charge in [0.2, 0.25) is 11.0 Å². The largest absolute Gasteiger partial charge is 0.418 e. The SMILES string of the molecule is CCC[C@H](C)NC(=O)CSc1nnc(Nc2ccccc2C(F)(F)F)s1. The van der Waals surface area contributed by atoms with Crippen molar-refractivity contribution in [1.82, 2.24) is 15.5 Å². The van der Waals surface area contributed by atoms with Gasteiger partial charge in [0, 0.05) is 6.04 Å². The summed E-state index contributed by atoms with van der Waals surface area (Å²) < 4.78 is 39.5.